The highest BCUT2D eigenvalue weighted by Crippen LogP contribution is 2.31. The molecule has 0 aliphatic carbocycles. The van der Waals surface area contributed by atoms with Crippen molar-refractivity contribution in [1.29, 1.82) is 0 Å². The minimum absolute atomic E-state index is 0.0297. The van der Waals surface area contributed by atoms with E-state index >= 15 is 0 Å². The van der Waals surface area contributed by atoms with E-state index in [1.165, 1.54) is 0 Å². The molecule has 2 heterocycles. The summed E-state index contributed by atoms with van der Waals surface area (Å²) in [5, 5.41) is 0.573. The van der Waals surface area contributed by atoms with Gasteiger partial charge in [0.2, 0.25) is 5.91 Å². The molecule has 0 spiro atoms. The zero-order chi connectivity index (χ0) is 22.0. The number of nitrogens with zero attached hydrogens (tertiary/aromatic N) is 3. The van der Waals surface area contributed by atoms with Crippen LogP contribution in [-0.4, -0.2) is 66.9 Å². The molecule has 0 saturated carbocycles. The number of hydrogen-bond acceptors (Lipinski definition) is 4. The summed E-state index contributed by atoms with van der Waals surface area (Å²) in [6, 6.07) is 12.3. The van der Waals surface area contributed by atoms with Crippen LogP contribution in [0, 0.1) is 0 Å². The number of ether oxygens (including phenoxy) is 1. The zero-order valence-electron chi connectivity index (χ0n) is 16.7. The van der Waals surface area contributed by atoms with E-state index in [0.29, 0.717) is 48.2 Å². The molecule has 0 atom stereocenters. The molecule has 7 nitrogen and oxygen atoms in total. The van der Waals surface area contributed by atoms with Crippen LogP contribution in [-0.2, 0) is 9.59 Å². The number of halogens is 2. The van der Waals surface area contributed by atoms with Crippen molar-refractivity contribution in [2.24, 2.45) is 0 Å². The molecule has 0 bridgehead atoms. The summed E-state index contributed by atoms with van der Waals surface area (Å²) in [7, 11) is 0. The molecule has 31 heavy (non-hydrogen) atoms. The van der Waals surface area contributed by atoms with Gasteiger partial charge in [-0.05, 0) is 24.3 Å². The number of benzene rings is 2. The Labute approximate surface area is 190 Å². The number of anilines is 1. The summed E-state index contributed by atoms with van der Waals surface area (Å²) in [6.07, 6.45) is 0.203. The lowest BCUT2D eigenvalue weighted by Gasteiger charge is -2.35. The highest BCUT2D eigenvalue weighted by Gasteiger charge is 2.29. The second kappa shape index (κ2) is 9.16. The lowest BCUT2D eigenvalue weighted by atomic mass is 10.1. The largest absolute Gasteiger partial charge is 0.482 e. The maximum Gasteiger partial charge on any atom is 0.265 e. The normalized spacial score (nSPS) is 16.1. The lowest BCUT2D eigenvalue weighted by molar-refractivity contribution is -0.132. The number of para-hydroxylation sites is 2. The Morgan fingerprint density at radius 2 is 1.65 bits per heavy atom. The van der Waals surface area contributed by atoms with E-state index < -0.39 is 0 Å². The number of fused-ring (bicyclic) bond motifs is 1. The van der Waals surface area contributed by atoms with Crippen LogP contribution in [0.1, 0.15) is 16.8 Å². The van der Waals surface area contributed by atoms with Gasteiger partial charge in [0.25, 0.3) is 11.8 Å². The van der Waals surface area contributed by atoms with Crippen LogP contribution in [0.25, 0.3) is 0 Å². The third-order valence-corrected chi connectivity index (χ3v) is 6.28. The minimum Gasteiger partial charge on any atom is -0.482 e. The molecule has 0 aromatic heterocycles. The summed E-state index contributed by atoms with van der Waals surface area (Å²) in [4.78, 5) is 42.7. The molecular weight excluding hydrogens is 441 g/mol. The monoisotopic (exact) mass is 461 g/mol. The minimum atomic E-state index is -0.199. The average molecular weight is 462 g/mol. The molecule has 0 N–H and O–H groups in total. The SMILES string of the molecule is O=C(CCN1C(=O)COc2ccccc21)N1CCN(C(=O)c2cccc(Cl)c2Cl)CC1. The molecule has 2 aromatic carbocycles. The van der Waals surface area contributed by atoms with Crippen molar-refractivity contribution in [2.45, 2.75) is 6.42 Å². The summed E-state index contributed by atoms with van der Waals surface area (Å²) in [6.45, 7) is 1.93. The van der Waals surface area contributed by atoms with Crippen molar-refractivity contribution < 1.29 is 19.1 Å². The Morgan fingerprint density at radius 1 is 0.935 bits per heavy atom. The lowest BCUT2D eigenvalue weighted by Crippen LogP contribution is -2.51. The van der Waals surface area contributed by atoms with E-state index in [0.717, 1.165) is 0 Å². The molecule has 0 unspecified atom stereocenters. The first-order chi connectivity index (χ1) is 15.0. The van der Waals surface area contributed by atoms with Gasteiger partial charge in [0.1, 0.15) is 5.75 Å². The zero-order valence-corrected chi connectivity index (χ0v) is 18.2. The maximum atomic E-state index is 12.8. The number of hydrogen-bond donors (Lipinski definition) is 0. The van der Waals surface area contributed by atoms with Gasteiger partial charge in [-0.3, -0.25) is 14.4 Å². The van der Waals surface area contributed by atoms with Crippen LogP contribution >= 0.6 is 23.2 Å². The molecule has 2 aliphatic heterocycles. The highest BCUT2D eigenvalue weighted by molar-refractivity contribution is 6.43. The molecule has 2 aliphatic rings. The molecule has 4 rings (SSSR count). The second-order valence-electron chi connectivity index (χ2n) is 7.33. The Balaban J connectivity index is 1.32. The first-order valence-corrected chi connectivity index (χ1v) is 10.7. The maximum absolute atomic E-state index is 12.8. The summed E-state index contributed by atoms with van der Waals surface area (Å²) >= 11 is 12.2. The van der Waals surface area contributed by atoms with Crippen LogP contribution < -0.4 is 9.64 Å². The van der Waals surface area contributed by atoms with Crippen LogP contribution in [0.3, 0.4) is 0 Å². The van der Waals surface area contributed by atoms with Crippen molar-refractivity contribution in [1.82, 2.24) is 9.80 Å². The molecular formula is C22H21Cl2N3O4. The molecule has 3 amide bonds. The first kappa shape index (κ1) is 21.5. The molecule has 0 radical (unpaired) electrons. The Bertz CT molecular complexity index is 1020. The summed E-state index contributed by atoms with van der Waals surface area (Å²) in [5.74, 6) is 0.224. The van der Waals surface area contributed by atoms with E-state index in [2.05, 4.69) is 0 Å². The second-order valence-corrected chi connectivity index (χ2v) is 8.11. The average Bonchev–Trinajstić information content (AvgIpc) is 2.79. The predicted molar refractivity (Wildman–Crippen MR) is 118 cm³/mol. The predicted octanol–water partition coefficient (Wildman–Crippen LogP) is 3.09. The quantitative estimate of drug-likeness (QED) is 0.701. The molecule has 1 fully saturated rings. The fourth-order valence-electron chi connectivity index (χ4n) is 3.76. The van der Waals surface area contributed by atoms with Crippen molar-refractivity contribution >= 4 is 46.6 Å². The van der Waals surface area contributed by atoms with E-state index in [4.69, 9.17) is 27.9 Å². The van der Waals surface area contributed by atoms with Crippen LogP contribution in [0.2, 0.25) is 10.0 Å². The van der Waals surface area contributed by atoms with Gasteiger partial charge >= 0.3 is 0 Å². The topological polar surface area (TPSA) is 70.2 Å². The van der Waals surface area contributed by atoms with Gasteiger partial charge in [0.05, 0.1) is 21.3 Å². The highest BCUT2D eigenvalue weighted by atomic mass is 35.5. The van der Waals surface area contributed by atoms with E-state index in [1.54, 1.807) is 39.0 Å². The number of rotatable bonds is 4. The fraction of sp³-hybridized carbons (Fsp3) is 0.318. The number of piperazine rings is 1. The van der Waals surface area contributed by atoms with Crippen LogP contribution in [0.5, 0.6) is 5.75 Å². The third kappa shape index (κ3) is 4.48. The molecule has 2 aromatic rings. The van der Waals surface area contributed by atoms with Crippen LogP contribution in [0.4, 0.5) is 5.69 Å². The summed E-state index contributed by atoms with van der Waals surface area (Å²) < 4.78 is 5.43. The molecule has 1 saturated heterocycles. The number of amides is 3. The van der Waals surface area contributed by atoms with Crippen LogP contribution in [0.15, 0.2) is 42.5 Å². The van der Waals surface area contributed by atoms with Gasteiger partial charge in [-0.25, -0.2) is 0 Å². The smallest absolute Gasteiger partial charge is 0.265 e. The van der Waals surface area contributed by atoms with E-state index in [9.17, 15) is 14.4 Å². The summed E-state index contributed by atoms with van der Waals surface area (Å²) in [5.41, 5.74) is 1.04. The standard InChI is InChI=1S/C22H21Cl2N3O4/c23-16-5-3-4-15(21(16)24)22(30)26-12-10-25(11-13-26)19(28)8-9-27-17-6-1-2-7-18(17)31-14-20(27)29/h1-7H,8-14H2. The number of carbonyl (C=O) groups is 3. The Hall–Kier alpha value is -2.77. The third-order valence-electron chi connectivity index (χ3n) is 5.46. The fourth-order valence-corrected chi connectivity index (χ4v) is 4.14. The van der Waals surface area contributed by atoms with Gasteiger partial charge in [-0.1, -0.05) is 41.4 Å². The van der Waals surface area contributed by atoms with Gasteiger partial charge in [0.15, 0.2) is 6.61 Å². The van der Waals surface area contributed by atoms with Gasteiger partial charge < -0.3 is 19.4 Å². The Kier molecular flexibility index (Phi) is 6.34. The number of carbonyl (C=O) groups excluding carboxylic acids is 3. The Morgan fingerprint density at radius 3 is 2.42 bits per heavy atom. The van der Waals surface area contributed by atoms with Crippen molar-refractivity contribution in [3.05, 3.63) is 58.1 Å². The molecule has 162 valence electrons. The van der Waals surface area contributed by atoms with Gasteiger partial charge in [0, 0.05) is 39.1 Å². The van der Waals surface area contributed by atoms with E-state index in [1.807, 2.05) is 18.2 Å². The first-order valence-electron chi connectivity index (χ1n) is 9.99. The van der Waals surface area contributed by atoms with E-state index in [-0.39, 0.29) is 42.3 Å². The van der Waals surface area contributed by atoms with Crippen molar-refractivity contribution in [3.8, 4) is 5.75 Å². The van der Waals surface area contributed by atoms with Crippen molar-refractivity contribution in [2.75, 3.05) is 44.2 Å². The van der Waals surface area contributed by atoms with Gasteiger partial charge in [-0.2, -0.15) is 0 Å². The van der Waals surface area contributed by atoms with Crippen molar-refractivity contribution in [3.63, 3.8) is 0 Å². The molecule has 9 heteroatoms. The van der Waals surface area contributed by atoms with Gasteiger partial charge in [-0.15, -0.1) is 0 Å².